The van der Waals surface area contributed by atoms with Gasteiger partial charge in [0.15, 0.2) is 12.1 Å². The number of ether oxygens (including phenoxy) is 5. The minimum Gasteiger partial charge on any atom is -0.495 e. The van der Waals surface area contributed by atoms with E-state index in [1.54, 1.807) is 92.0 Å². The summed E-state index contributed by atoms with van der Waals surface area (Å²) in [6, 6.07) is 47.6. The number of sulfonamides is 1. The number of amides is 6. The number of hydrogen-bond acceptors (Lipinski definition) is 20. The van der Waals surface area contributed by atoms with Crippen LogP contribution in [-0.4, -0.2) is 122 Å². The molecule has 13 rings (SSSR count). The number of anilines is 5. The summed E-state index contributed by atoms with van der Waals surface area (Å²) < 4.78 is 63.8. The minimum atomic E-state index is -4.14. The molecule has 688 valence electrons. The largest absolute Gasteiger partial charge is 0.495 e. The summed E-state index contributed by atoms with van der Waals surface area (Å²) in [5, 5.41) is 12.2. The van der Waals surface area contributed by atoms with Crippen molar-refractivity contribution in [3.05, 3.63) is 280 Å². The molecule has 0 bridgehead atoms. The van der Waals surface area contributed by atoms with Crippen LogP contribution in [-0.2, 0) is 56.7 Å². The molecule has 6 N–H and O–H groups in total. The number of imide groups is 1. The van der Waals surface area contributed by atoms with E-state index in [1.807, 2.05) is 89.2 Å². The third-order valence-electron chi connectivity index (χ3n) is 21.2. The fraction of sp³-hybridized carbons (Fsp3) is 0.312. The van der Waals surface area contributed by atoms with Crippen LogP contribution in [0.4, 0.5) is 33.5 Å². The molecule has 1 saturated heterocycles. The van der Waals surface area contributed by atoms with Gasteiger partial charge in [-0.3, -0.25) is 52.2 Å². The van der Waals surface area contributed by atoms with E-state index in [4.69, 9.17) is 96.5 Å². The highest BCUT2D eigenvalue weighted by atomic mass is 35.5. The average Bonchev–Trinajstić information content (AvgIpc) is 1.69. The van der Waals surface area contributed by atoms with Crippen LogP contribution in [0.5, 0.6) is 17.2 Å². The molecule has 35 heteroatoms. The van der Waals surface area contributed by atoms with Gasteiger partial charge in [-0.15, -0.1) is 0 Å². The summed E-state index contributed by atoms with van der Waals surface area (Å²) in [6.45, 7) is 15.1. The number of aromatic nitrogens is 6. The van der Waals surface area contributed by atoms with E-state index in [9.17, 15) is 32.4 Å². The maximum absolute atomic E-state index is 15.4. The Morgan fingerprint density at radius 2 is 1.22 bits per heavy atom. The maximum Gasteiger partial charge on any atom is 0.330 e. The van der Waals surface area contributed by atoms with Gasteiger partial charge in [0.05, 0.1) is 91.1 Å². The summed E-state index contributed by atoms with van der Waals surface area (Å²) in [5.41, 5.74) is 6.35. The van der Waals surface area contributed by atoms with Gasteiger partial charge in [-0.05, 0) is 160 Å². The number of nitrogens with zero attached hydrogens (tertiary/aromatic N) is 8. The number of urea groups is 1. The smallest absolute Gasteiger partial charge is 0.330 e. The Morgan fingerprint density at radius 3 is 1.89 bits per heavy atom. The van der Waals surface area contributed by atoms with Crippen molar-refractivity contribution in [1.82, 2.24) is 43.2 Å². The second-order valence-corrected chi connectivity index (χ2v) is 35.1. The van der Waals surface area contributed by atoms with Crippen LogP contribution in [0, 0.1) is 13.8 Å². The van der Waals surface area contributed by atoms with Gasteiger partial charge in [0.1, 0.15) is 41.1 Å². The minimum absolute atomic E-state index is 0.00770. The molecule has 0 saturated carbocycles. The molecule has 9 aromatic carbocycles. The number of hydrogen-bond donors (Lipinski definition) is 6. The Hall–Kier alpha value is -11.9. The van der Waals surface area contributed by atoms with Crippen molar-refractivity contribution in [3.8, 4) is 28.6 Å². The van der Waals surface area contributed by atoms with E-state index in [1.165, 1.54) is 116 Å². The molecule has 1 aliphatic rings. The predicted molar refractivity (Wildman–Crippen MR) is 511 cm³/mol. The number of halogens is 5. The number of imidazole rings is 1. The second-order valence-electron chi connectivity index (χ2n) is 31.2. The number of carbonyl (C=O) groups excluding carboxylic acids is 5. The third-order valence-corrected chi connectivity index (χ3v) is 24.0. The topological polar surface area (TPSA) is 341 Å². The number of benzene rings is 9. The van der Waals surface area contributed by atoms with Crippen LogP contribution in [0.1, 0.15) is 158 Å². The van der Waals surface area contributed by atoms with Gasteiger partial charge in [0.25, 0.3) is 28.8 Å². The Morgan fingerprint density at radius 1 is 0.588 bits per heavy atom. The summed E-state index contributed by atoms with van der Waals surface area (Å²) >= 11 is 33.0. The number of nitrogens with one attached hydrogen (secondary N) is 6. The number of para-hydroxylation sites is 2. The summed E-state index contributed by atoms with van der Waals surface area (Å²) in [5.74, 6) is -2.46. The van der Waals surface area contributed by atoms with Gasteiger partial charge in [0.2, 0.25) is 34.4 Å². The van der Waals surface area contributed by atoms with Crippen LogP contribution in [0.25, 0.3) is 33.2 Å². The molecular formula is C96H103Cl5N14O15S. The highest BCUT2D eigenvalue weighted by Crippen LogP contribution is 2.41. The van der Waals surface area contributed by atoms with E-state index >= 15 is 9.59 Å². The molecule has 4 heterocycles. The summed E-state index contributed by atoms with van der Waals surface area (Å²) in [4.78, 5) is 124. The van der Waals surface area contributed by atoms with Crippen molar-refractivity contribution < 1.29 is 60.9 Å². The molecule has 0 radical (unpaired) electrons. The first-order chi connectivity index (χ1) is 63.1. The number of unbranched alkanes of at least 4 members (excludes halogenated alkanes) is 9. The lowest BCUT2D eigenvalue weighted by Crippen LogP contribution is -2.45. The zero-order chi connectivity index (χ0) is 93.6. The molecule has 6 amide bonds. The Bertz CT molecular complexity index is 6310. The molecule has 1 fully saturated rings. The number of methoxy groups -OCH3 is 1. The molecule has 0 spiro atoms. The van der Waals surface area contributed by atoms with Gasteiger partial charge in [-0.1, -0.05) is 221 Å². The van der Waals surface area contributed by atoms with Gasteiger partial charge < -0.3 is 45.0 Å². The molecule has 12 aromatic rings. The van der Waals surface area contributed by atoms with Crippen molar-refractivity contribution in [2.24, 2.45) is 0 Å². The second kappa shape index (κ2) is 46.2. The van der Waals surface area contributed by atoms with Crippen LogP contribution in [0.15, 0.2) is 215 Å². The number of rotatable bonds is 42. The molecule has 3 aromatic heterocycles. The predicted octanol–water partition coefficient (Wildman–Crippen LogP) is 20.3. The van der Waals surface area contributed by atoms with E-state index in [0.717, 1.165) is 57.6 Å². The maximum atomic E-state index is 15.4. The lowest BCUT2D eigenvalue weighted by molar-refractivity contribution is -0.145. The van der Waals surface area contributed by atoms with E-state index in [0.29, 0.717) is 56.4 Å². The lowest BCUT2D eigenvalue weighted by atomic mass is 10.1. The van der Waals surface area contributed by atoms with Gasteiger partial charge in [-0.25, -0.2) is 43.3 Å². The fourth-order valence-corrected chi connectivity index (χ4v) is 17.4. The summed E-state index contributed by atoms with van der Waals surface area (Å²) in [7, 11) is -2.84. The fourth-order valence-electron chi connectivity index (χ4n) is 14.8. The molecule has 131 heavy (non-hydrogen) atoms. The summed E-state index contributed by atoms with van der Waals surface area (Å²) in [6.07, 6.45) is 12.2. The average molecular weight is 1900 g/mol. The molecule has 1 aliphatic heterocycles. The van der Waals surface area contributed by atoms with Crippen LogP contribution < -0.4 is 56.8 Å². The van der Waals surface area contributed by atoms with Gasteiger partial charge in [0, 0.05) is 54.6 Å². The number of carbonyl (C=O) groups is 5. The molecule has 29 nitrogen and oxygen atoms in total. The van der Waals surface area contributed by atoms with Crippen LogP contribution in [0.2, 0.25) is 25.1 Å². The van der Waals surface area contributed by atoms with E-state index in [-0.39, 0.29) is 115 Å². The highest BCUT2D eigenvalue weighted by Gasteiger charge is 2.53. The number of aryl methyl sites for hydroxylation is 2. The normalized spacial score (nSPS) is 13.4. The van der Waals surface area contributed by atoms with Gasteiger partial charge >= 0.3 is 6.03 Å². The first kappa shape index (κ1) is 98.1. The monoisotopic (exact) mass is 1900 g/mol. The van der Waals surface area contributed by atoms with Crippen molar-refractivity contribution in [3.63, 3.8) is 0 Å². The van der Waals surface area contributed by atoms with Crippen LogP contribution in [0.3, 0.4) is 0 Å². The van der Waals surface area contributed by atoms with Crippen molar-refractivity contribution in [1.29, 1.82) is 0 Å². The lowest BCUT2D eigenvalue weighted by Gasteiger charge is -2.28. The van der Waals surface area contributed by atoms with Crippen molar-refractivity contribution >= 4 is 148 Å². The number of fused-ring (bicyclic) bond motifs is 2. The van der Waals surface area contributed by atoms with E-state index in [2.05, 4.69) is 43.4 Å². The third kappa shape index (κ3) is 24.6. The Balaban J connectivity index is 0.000000238. The molecule has 4 atom stereocenters. The van der Waals surface area contributed by atoms with Crippen molar-refractivity contribution in [2.45, 2.75) is 175 Å². The Kier molecular flexibility index (Phi) is 34.6. The zero-order valence-electron chi connectivity index (χ0n) is 73.8. The highest BCUT2D eigenvalue weighted by molar-refractivity contribution is 7.89. The Labute approximate surface area is 784 Å². The van der Waals surface area contributed by atoms with Gasteiger partial charge in [-0.2, -0.15) is 0 Å². The van der Waals surface area contributed by atoms with Crippen molar-refractivity contribution in [2.75, 3.05) is 53.7 Å². The molecule has 4 unspecified atom stereocenters. The SMILES string of the molecule is CCC(OCNc1ccc(OC(C)C)c(NC(=O)C(c2nc3ccccc3c(=O)n2-c2ccc(Cl)cc2Cl)n2ccnc2NOCc2ccccc2)c1)Oc1cc(C)ccc1C.CCCCCCCCCCCCNS(=O)(=O)c1ccc(OC)c(NC(=O)C(c2nc3c(NC(C)=O)cccc3c(=O)n2-c2c(Cl)cc(Cl)cc2Cl)N2C(=O)C(OCC)N(Cc3ccccc3)C2=O)c1. The van der Waals surface area contributed by atoms with Crippen LogP contribution >= 0.6 is 58.0 Å². The zero-order valence-corrected chi connectivity index (χ0v) is 78.3. The molecular weight excluding hydrogens is 1800 g/mol. The van der Waals surface area contributed by atoms with E-state index < -0.39 is 81.2 Å². The molecule has 0 aliphatic carbocycles. The first-order valence-electron chi connectivity index (χ1n) is 43.0. The quantitative estimate of drug-likeness (QED) is 0.00896. The standard InChI is InChI=1S/C49H56Cl3N7O9S.C47H47Cl2N7O6/c1-5-7-8-9-10-11-12-13-14-18-26-53-69(65,66)34-24-25-40(67-4)39(29-34)55-45(61)43(59-47(63)48(68-6-2)57(49(59)64)30-32-20-16-15-17-21-32)44-56-41-35(22-19-23-38(41)54-31(3)60)46(62)58(44)42-36(51)27-33(50)28-37(42)52;1-6-42(62-41-24-30(4)16-17-31(41)5)59-28-51-34-19-21-40(61-29(2)3)38(26-34)53-45(57)43(55-23-22-50-47(55)54-60-27-32-12-8-7-9-13-32)44-52-37-15-11-10-14-35(37)46(58)56(44)39-20-18-33(48)25-36(39)49/h15-17,19-25,27-29,43,48,53H,5-14,18,26,30H2,1-4H3,(H,54,60)(H,55,61);7-26,29,42-43,51H,6,27-28H2,1-5H3,(H,50,54)(H,53,57). The first-order valence-corrected chi connectivity index (χ1v) is 46.4.